The van der Waals surface area contributed by atoms with Crippen LogP contribution in [0, 0.1) is 34.0 Å². The molecule has 0 unspecified atom stereocenters. The van der Waals surface area contributed by atoms with Crippen LogP contribution in [0.4, 0.5) is 11.4 Å². The third-order valence-electron chi connectivity index (χ3n) is 9.07. The van der Waals surface area contributed by atoms with E-state index in [1.54, 1.807) is 12.1 Å². The fourth-order valence-corrected chi connectivity index (χ4v) is 6.39. The predicted molar refractivity (Wildman–Crippen MR) is 283 cm³/mol. The number of carbonyl (C=O) groups is 1. The zero-order chi connectivity index (χ0) is 50.0. The molecule has 15 nitrogen and oxygen atoms in total. The molecule has 1 amide bonds. The first-order valence-corrected chi connectivity index (χ1v) is 22.3. The number of H-pyrrole nitrogens is 3. The summed E-state index contributed by atoms with van der Waals surface area (Å²) in [7, 11) is 1.39. The van der Waals surface area contributed by atoms with Gasteiger partial charge >= 0.3 is 0 Å². The average molecular weight is 1060 g/mol. The Morgan fingerprint density at radius 2 is 0.986 bits per heavy atom. The number of carbonyl (C=O) groups excluding carboxylic acids is 1. The molecule has 0 saturated heterocycles. The number of amides is 1. The van der Waals surface area contributed by atoms with Gasteiger partial charge in [0.1, 0.15) is 18.2 Å². The summed E-state index contributed by atoms with van der Waals surface area (Å²) < 4.78 is -1.36. The van der Waals surface area contributed by atoms with Crippen LogP contribution in [0.1, 0.15) is 36.3 Å². The van der Waals surface area contributed by atoms with E-state index in [9.17, 15) is 4.79 Å². The molecule has 0 fully saturated rings. The SMILES string of the molecule is C.CNC(=O)C(Cl)(Cl)Cl.ClC(Cl)(Cl)c1nc2ccccc2[nH]1.N#Cc1nc2ccccc2[nH]1.N#Cc1nc2ccccc2[nH]1.N#Cc1nc2ccccc2n1Cc1ccccc1.Nc1ccccc1N. The Labute approximate surface area is 432 Å². The van der Waals surface area contributed by atoms with Gasteiger partial charge in [-0.25, -0.2) is 19.9 Å². The van der Waals surface area contributed by atoms with Gasteiger partial charge in [-0.3, -0.25) is 4.79 Å². The van der Waals surface area contributed by atoms with Crippen LogP contribution in [0.2, 0.25) is 0 Å². The summed E-state index contributed by atoms with van der Waals surface area (Å²) in [5.74, 6) is 0.915. The number of alkyl halides is 6. The van der Waals surface area contributed by atoms with Gasteiger partial charge in [0, 0.05) is 7.05 Å². The number of nitriles is 3. The summed E-state index contributed by atoms with van der Waals surface area (Å²) in [6.07, 6.45) is 0. The molecule has 4 heterocycles. The lowest BCUT2D eigenvalue weighted by Gasteiger charge is -2.06. The molecule has 8 N–H and O–H groups in total. The van der Waals surface area contributed by atoms with E-state index >= 15 is 0 Å². The van der Waals surface area contributed by atoms with Gasteiger partial charge < -0.3 is 36.3 Å². The highest BCUT2D eigenvalue weighted by molar-refractivity contribution is 6.76. The number of imidazole rings is 4. The van der Waals surface area contributed by atoms with Crippen LogP contribution in [0.15, 0.2) is 152 Å². The first-order valence-electron chi connectivity index (χ1n) is 20.0. The van der Waals surface area contributed by atoms with Crippen LogP contribution in [0.5, 0.6) is 0 Å². The molecule has 21 heteroatoms. The van der Waals surface area contributed by atoms with Gasteiger partial charge in [-0.05, 0) is 66.2 Å². The van der Waals surface area contributed by atoms with Gasteiger partial charge in [0.15, 0.2) is 5.82 Å². The second-order valence-corrected chi connectivity index (χ2v) is 18.4. The number of nitrogen functional groups attached to an aromatic ring is 2. The van der Waals surface area contributed by atoms with Crippen molar-refractivity contribution in [1.82, 2.24) is 44.8 Å². The van der Waals surface area contributed by atoms with E-state index in [0.717, 1.165) is 49.7 Å². The molecule has 0 aliphatic carbocycles. The van der Waals surface area contributed by atoms with Crippen molar-refractivity contribution >= 4 is 131 Å². The standard InChI is InChI=1S/C15H11N3.C8H5Cl3N2.2C8H5N3.C6H8N2.C3H4Cl3NO.CH4/c16-10-15-17-13-8-4-5-9-14(13)18(15)11-12-6-2-1-3-7-12;9-8(10,11)7-12-5-3-1-2-4-6(5)13-7;2*9-5-8-10-6-3-1-2-4-7(6)11-8;7-5-3-1-2-4-6(5)8;1-7-2(8)3(4,5)6;/h1-9H,11H2;1-4H,(H,12,13);2*1-4H,(H,10,11);1-4H,7-8H2;1H3,(H,7,8);1H4. The van der Waals surface area contributed by atoms with Crippen molar-refractivity contribution in [2.45, 2.75) is 21.6 Å². The van der Waals surface area contributed by atoms with E-state index in [1.165, 1.54) is 7.05 Å². The van der Waals surface area contributed by atoms with Crippen molar-refractivity contribution in [3.05, 3.63) is 181 Å². The zero-order valence-corrected chi connectivity index (χ0v) is 40.6. The number of fused-ring (bicyclic) bond motifs is 4. The molecule has 0 aliphatic rings. The molecular weight excluding hydrogens is 1010 g/mol. The zero-order valence-electron chi connectivity index (χ0n) is 36.0. The lowest BCUT2D eigenvalue weighted by Crippen LogP contribution is -2.31. The second-order valence-electron chi connectivity index (χ2n) is 13.8. The Morgan fingerprint density at radius 3 is 1.37 bits per heavy atom. The van der Waals surface area contributed by atoms with E-state index in [-0.39, 0.29) is 7.43 Å². The monoisotopic (exact) mass is 1050 g/mol. The molecular formula is C49H42Cl6N14O. The molecule has 0 radical (unpaired) electrons. The summed E-state index contributed by atoms with van der Waals surface area (Å²) >= 11 is 32.3. The van der Waals surface area contributed by atoms with E-state index in [2.05, 4.69) is 58.4 Å². The smallest absolute Gasteiger partial charge is 0.271 e. The van der Waals surface area contributed by atoms with Crippen molar-refractivity contribution in [3.63, 3.8) is 0 Å². The Bertz CT molecular complexity index is 3190. The average Bonchev–Trinajstić information content (AvgIpc) is 4.17. The quantitative estimate of drug-likeness (QED) is 0.0705. The molecule has 0 aliphatic heterocycles. The van der Waals surface area contributed by atoms with Crippen LogP contribution >= 0.6 is 69.6 Å². The lowest BCUT2D eigenvalue weighted by molar-refractivity contribution is -0.119. The minimum atomic E-state index is -1.82. The normalized spacial score (nSPS) is 10.3. The Hall–Kier alpha value is -7.52. The van der Waals surface area contributed by atoms with E-state index in [4.69, 9.17) is 96.9 Å². The molecule has 70 heavy (non-hydrogen) atoms. The Kier molecular flexibility index (Phi) is 20.7. The first-order chi connectivity index (χ1) is 33.0. The molecule has 0 atom stereocenters. The summed E-state index contributed by atoms with van der Waals surface area (Å²) in [5.41, 5.74) is 20.3. The van der Waals surface area contributed by atoms with Crippen LogP contribution in [-0.4, -0.2) is 56.2 Å². The van der Waals surface area contributed by atoms with Gasteiger partial charge in [-0.2, -0.15) is 15.8 Å². The van der Waals surface area contributed by atoms with Crippen LogP contribution in [-0.2, 0) is 15.1 Å². The van der Waals surface area contributed by atoms with Crippen molar-refractivity contribution in [1.29, 1.82) is 15.8 Å². The highest BCUT2D eigenvalue weighted by Gasteiger charge is 2.29. The lowest BCUT2D eigenvalue weighted by atomic mass is 10.2. The molecule has 356 valence electrons. The van der Waals surface area contributed by atoms with Crippen molar-refractivity contribution in [2.24, 2.45) is 0 Å². The Morgan fingerprint density at radius 1 is 0.571 bits per heavy atom. The van der Waals surface area contributed by atoms with Crippen LogP contribution in [0.3, 0.4) is 0 Å². The summed E-state index contributed by atoms with van der Waals surface area (Å²) in [6.45, 7) is 0.671. The summed E-state index contributed by atoms with van der Waals surface area (Å²) in [4.78, 5) is 35.5. The van der Waals surface area contributed by atoms with Crippen molar-refractivity contribution in [3.8, 4) is 18.2 Å². The molecule has 0 saturated carbocycles. The molecule has 6 aromatic carbocycles. The number of nitrogens with one attached hydrogen (secondary N) is 4. The van der Waals surface area contributed by atoms with Gasteiger partial charge in [-0.15, -0.1) is 0 Å². The van der Waals surface area contributed by atoms with Gasteiger partial charge in [0.2, 0.25) is 21.3 Å². The van der Waals surface area contributed by atoms with Gasteiger partial charge in [-0.1, -0.05) is 168 Å². The van der Waals surface area contributed by atoms with Crippen LogP contribution in [0.25, 0.3) is 44.1 Å². The molecule has 10 rings (SSSR count). The topological polar surface area (TPSA) is 256 Å². The number of hydrogen-bond acceptors (Lipinski definition) is 10. The molecule has 0 spiro atoms. The second kappa shape index (κ2) is 26.3. The van der Waals surface area contributed by atoms with Crippen molar-refractivity contribution < 1.29 is 4.79 Å². The molecule has 10 aromatic rings. The maximum absolute atomic E-state index is 10.3. The van der Waals surface area contributed by atoms with E-state index in [1.807, 2.05) is 144 Å². The number of halogens is 6. The minimum absolute atomic E-state index is 0. The predicted octanol–water partition coefficient (Wildman–Crippen LogP) is 11.8. The largest absolute Gasteiger partial charge is 0.397 e. The number of nitrogens with zero attached hydrogens (tertiary/aromatic N) is 8. The fourth-order valence-electron chi connectivity index (χ4n) is 5.84. The number of anilines is 2. The number of aromatic nitrogens is 8. The van der Waals surface area contributed by atoms with E-state index in [0.29, 0.717) is 41.2 Å². The van der Waals surface area contributed by atoms with Crippen molar-refractivity contribution in [2.75, 3.05) is 18.5 Å². The van der Waals surface area contributed by atoms with Gasteiger partial charge in [0.25, 0.3) is 9.70 Å². The number of rotatable bonds is 2. The number of aromatic amines is 3. The fraction of sp³-hybridized carbons (Fsp3) is 0.102. The minimum Gasteiger partial charge on any atom is -0.397 e. The van der Waals surface area contributed by atoms with Gasteiger partial charge in [0.05, 0.1) is 62.1 Å². The third kappa shape index (κ3) is 16.0. The highest BCUT2D eigenvalue weighted by Crippen LogP contribution is 2.37. The Balaban J connectivity index is 0.000000187. The maximum atomic E-state index is 10.3. The first kappa shape index (κ1) is 55.1. The van der Waals surface area contributed by atoms with Crippen LogP contribution < -0.4 is 16.8 Å². The van der Waals surface area contributed by atoms with E-state index < -0.39 is 13.5 Å². The third-order valence-corrected chi connectivity index (χ3v) is 10.1. The molecule has 0 bridgehead atoms. The maximum Gasteiger partial charge on any atom is 0.271 e. The number of para-hydroxylation sites is 10. The molecule has 4 aromatic heterocycles. The number of nitrogens with two attached hydrogens (primary N) is 2. The summed E-state index contributed by atoms with van der Waals surface area (Å²) in [6, 6.07) is 53.8. The number of benzene rings is 6. The summed E-state index contributed by atoms with van der Waals surface area (Å²) in [5, 5.41) is 28.3. The number of hydrogen-bond donors (Lipinski definition) is 6. The highest BCUT2D eigenvalue weighted by atomic mass is 35.6.